The largest absolute Gasteiger partial charge is 0.326 e. The number of nitrogens with two attached hydrogens (primary N) is 1. The Balaban J connectivity index is 0.00000147. The number of anilines is 1. The van der Waals surface area contributed by atoms with Gasteiger partial charge in [0, 0.05) is 36.3 Å². The van der Waals surface area contributed by atoms with Crippen LogP contribution < -0.4 is 10.6 Å². The van der Waals surface area contributed by atoms with Crippen molar-refractivity contribution in [1.82, 2.24) is 4.90 Å². The summed E-state index contributed by atoms with van der Waals surface area (Å²) >= 11 is 1.83. The van der Waals surface area contributed by atoms with Crippen molar-refractivity contribution < 1.29 is 4.79 Å². The highest BCUT2D eigenvalue weighted by atomic mass is 35.5. The highest BCUT2D eigenvalue weighted by Gasteiger charge is 2.26. The van der Waals surface area contributed by atoms with Crippen LogP contribution in [0.2, 0.25) is 0 Å². The average Bonchev–Trinajstić information content (AvgIpc) is 2.83. The van der Waals surface area contributed by atoms with Crippen molar-refractivity contribution in [3.63, 3.8) is 0 Å². The number of halogens is 1. The third-order valence-electron chi connectivity index (χ3n) is 3.70. The zero-order valence-electron chi connectivity index (χ0n) is 11.3. The fourth-order valence-electron chi connectivity index (χ4n) is 2.71. The van der Waals surface area contributed by atoms with Gasteiger partial charge in [0.25, 0.3) is 0 Å². The molecule has 0 unspecified atom stereocenters. The number of hydrogen-bond acceptors (Lipinski definition) is 4. The molecule has 1 saturated heterocycles. The topological polar surface area (TPSA) is 49.6 Å². The highest BCUT2D eigenvalue weighted by Crippen LogP contribution is 2.34. The molecule has 0 saturated carbocycles. The molecule has 1 fully saturated rings. The summed E-state index contributed by atoms with van der Waals surface area (Å²) in [6, 6.07) is 8.38. The third kappa shape index (κ3) is 3.28. The summed E-state index contributed by atoms with van der Waals surface area (Å²) < 4.78 is 0. The van der Waals surface area contributed by atoms with E-state index in [-0.39, 0.29) is 24.4 Å². The van der Waals surface area contributed by atoms with E-state index in [0.717, 1.165) is 37.5 Å². The molecule has 1 aromatic carbocycles. The van der Waals surface area contributed by atoms with Crippen LogP contribution in [-0.4, -0.2) is 48.8 Å². The maximum atomic E-state index is 12.5. The van der Waals surface area contributed by atoms with Crippen molar-refractivity contribution in [2.75, 3.05) is 36.8 Å². The van der Waals surface area contributed by atoms with Gasteiger partial charge in [0.1, 0.15) is 0 Å². The molecule has 1 amide bonds. The summed E-state index contributed by atoms with van der Waals surface area (Å²) in [5.74, 6) is 1.17. The van der Waals surface area contributed by atoms with Crippen molar-refractivity contribution in [3.05, 3.63) is 24.3 Å². The Morgan fingerprint density at radius 1 is 1.35 bits per heavy atom. The second-order valence-corrected chi connectivity index (χ2v) is 6.28. The summed E-state index contributed by atoms with van der Waals surface area (Å²) in [6.07, 6.45) is 1.000. The molecule has 110 valence electrons. The molecular formula is C14H20ClN3OS. The fourth-order valence-corrected chi connectivity index (χ4v) is 3.71. The summed E-state index contributed by atoms with van der Waals surface area (Å²) in [4.78, 5) is 17.8. The molecule has 1 atom stereocenters. The van der Waals surface area contributed by atoms with E-state index in [1.54, 1.807) is 0 Å². The SMILES string of the molecule is Cl.N[C@@H]1CCN(CC(=O)N2CCSc3ccccc32)C1. The molecule has 20 heavy (non-hydrogen) atoms. The number of rotatable bonds is 2. The number of thioether (sulfide) groups is 1. The standard InChI is InChI=1S/C14H19N3OS.ClH/c15-11-5-6-16(9-11)10-14(18)17-7-8-19-13-4-2-1-3-12(13)17;/h1-4,11H,5-10,15H2;1H/t11-;/m1./s1. The van der Waals surface area contributed by atoms with Gasteiger partial charge >= 0.3 is 0 Å². The molecule has 6 heteroatoms. The summed E-state index contributed by atoms with van der Waals surface area (Å²) in [5.41, 5.74) is 6.95. The maximum absolute atomic E-state index is 12.5. The van der Waals surface area contributed by atoms with Crippen molar-refractivity contribution in [2.45, 2.75) is 17.4 Å². The molecular weight excluding hydrogens is 294 g/mol. The predicted molar refractivity (Wildman–Crippen MR) is 85.8 cm³/mol. The van der Waals surface area contributed by atoms with Gasteiger partial charge in [0.05, 0.1) is 12.2 Å². The molecule has 0 bridgehead atoms. The van der Waals surface area contributed by atoms with E-state index < -0.39 is 0 Å². The van der Waals surface area contributed by atoms with Gasteiger partial charge in [0.15, 0.2) is 0 Å². The molecule has 3 rings (SSSR count). The van der Waals surface area contributed by atoms with E-state index in [2.05, 4.69) is 11.0 Å². The smallest absolute Gasteiger partial charge is 0.241 e. The Labute approximate surface area is 130 Å². The number of para-hydroxylation sites is 1. The zero-order valence-corrected chi connectivity index (χ0v) is 13.0. The summed E-state index contributed by atoms with van der Waals surface area (Å²) in [7, 11) is 0. The van der Waals surface area contributed by atoms with E-state index in [1.807, 2.05) is 34.9 Å². The maximum Gasteiger partial charge on any atom is 0.241 e. The molecule has 0 spiro atoms. The van der Waals surface area contributed by atoms with Gasteiger partial charge in [-0.3, -0.25) is 9.69 Å². The first-order valence-electron chi connectivity index (χ1n) is 6.74. The van der Waals surface area contributed by atoms with Crippen LogP contribution in [0.4, 0.5) is 5.69 Å². The van der Waals surface area contributed by atoms with Crippen molar-refractivity contribution in [3.8, 4) is 0 Å². The first kappa shape index (κ1) is 15.6. The monoisotopic (exact) mass is 313 g/mol. The van der Waals surface area contributed by atoms with Crippen LogP contribution in [0.3, 0.4) is 0 Å². The Kier molecular flexibility index (Phi) is 5.32. The number of amides is 1. The first-order valence-corrected chi connectivity index (χ1v) is 7.73. The number of fused-ring (bicyclic) bond motifs is 1. The zero-order chi connectivity index (χ0) is 13.2. The molecule has 1 aromatic rings. The second-order valence-electron chi connectivity index (χ2n) is 5.15. The van der Waals surface area contributed by atoms with Gasteiger partial charge in [-0.25, -0.2) is 0 Å². The Morgan fingerprint density at radius 3 is 2.90 bits per heavy atom. The minimum atomic E-state index is 0. The number of nitrogens with zero attached hydrogens (tertiary/aromatic N) is 2. The van der Waals surface area contributed by atoms with E-state index >= 15 is 0 Å². The Morgan fingerprint density at radius 2 is 2.15 bits per heavy atom. The van der Waals surface area contributed by atoms with Gasteiger partial charge < -0.3 is 10.6 Å². The first-order chi connectivity index (χ1) is 9.24. The van der Waals surface area contributed by atoms with Crippen LogP contribution in [0, 0.1) is 0 Å². The van der Waals surface area contributed by atoms with Crippen LogP contribution in [0.15, 0.2) is 29.2 Å². The Bertz CT molecular complexity index is 485. The van der Waals surface area contributed by atoms with Crippen LogP contribution >= 0.6 is 24.2 Å². The summed E-state index contributed by atoms with van der Waals surface area (Å²) in [5, 5.41) is 0. The highest BCUT2D eigenvalue weighted by molar-refractivity contribution is 7.99. The predicted octanol–water partition coefficient (Wildman–Crippen LogP) is 1.58. The summed E-state index contributed by atoms with van der Waals surface area (Å²) in [6.45, 7) is 3.08. The van der Waals surface area contributed by atoms with Gasteiger partial charge in [-0.05, 0) is 18.6 Å². The minimum Gasteiger partial charge on any atom is -0.326 e. The van der Waals surface area contributed by atoms with Crippen molar-refractivity contribution >= 4 is 35.8 Å². The molecule has 2 heterocycles. The lowest BCUT2D eigenvalue weighted by Gasteiger charge is -2.30. The molecule has 2 aliphatic heterocycles. The number of hydrogen-bond donors (Lipinski definition) is 1. The van der Waals surface area contributed by atoms with Crippen LogP contribution in [0.5, 0.6) is 0 Å². The number of benzene rings is 1. The van der Waals surface area contributed by atoms with Crippen LogP contribution in [0.1, 0.15) is 6.42 Å². The van der Waals surface area contributed by atoms with Crippen LogP contribution in [0.25, 0.3) is 0 Å². The van der Waals surface area contributed by atoms with E-state index in [4.69, 9.17) is 5.73 Å². The molecule has 4 nitrogen and oxygen atoms in total. The van der Waals surface area contributed by atoms with E-state index in [0.29, 0.717) is 6.54 Å². The lowest BCUT2D eigenvalue weighted by atomic mass is 10.2. The molecule has 2 aliphatic rings. The Hall–Kier alpha value is -0.750. The average molecular weight is 314 g/mol. The van der Waals surface area contributed by atoms with Crippen molar-refractivity contribution in [1.29, 1.82) is 0 Å². The van der Waals surface area contributed by atoms with Gasteiger partial charge in [0.2, 0.25) is 5.91 Å². The van der Waals surface area contributed by atoms with E-state index in [1.165, 1.54) is 4.90 Å². The quantitative estimate of drug-likeness (QED) is 0.900. The van der Waals surface area contributed by atoms with Crippen LogP contribution in [-0.2, 0) is 4.79 Å². The number of carbonyl (C=O) groups is 1. The van der Waals surface area contributed by atoms with Gasteiger partial charge in [-0.15, -0.1) is 24.2 Å². The lowest BCUT2D eigenvalue weighted by Crippen LogP contribution is -2.42. The van der Waals surface area contributed by atoms with Gasteiger partial charge in [-0.1, -0.05) is 12.1 Å². The second kappa shape index (κ2) is 6.80. The molecule has 0 aromatic heterocycles. The third-order valence-corrected chi connectivity index (χ3v) is 4.74. The fraction of sp³-hybridized carbons (Fsp3) is 0.500. The van der Waals surface area contributed by atoms with Gasteiger partial charge in [-0.2, -0.15) is 0 Å². The number of carbonyl (C=O) groups excluding carboxylic acids is 1. The van der Waals surface area contributed by atoms with Crippen molar-refractivity contribution in [2.24, 2.45) is 5.73 Å². The lowest BCUT2D eigenvalue weighted by molar-refractivity contribution is -0.119. The minimum absolute atomic E-state index is 0. The molecule has 2 N–H and O–H groups in total. The number of likely N-dealkylation sites (tertiary alicyclic amines) is 1. The van der Waals surface area contributed by atoms with E-state index in [9.17, 15) is 4.79 Å². The molecule has 0 radical (unpaired) electrons. The normalized spacial score (nSPS) is 22.2. The molecule has 0 aliphatic carbocycles.